The van der Waals surface area contributed by atoms with Gasteiger partial charge in [0.1, 0.15) is 5.82 Å². The second kappa shape index (κ2) is 6.53. The van der Waals surface area contributed by atoms with Crippen LogP contribution in [0.2, 0.25) is 0 Å². The highest BCUT2D eigenvalue weighted by Gasteiger charge is 2.20. The summed E-state index contributed by atoms with van der Waals surface area (Å²) in [6, 6.07) is 0.449. The molecule has 2 unspecified atom stereocenters. The van der Waals surface area contributed by atoms with E-state index >= 15 is 0 Å². The summed E-state index contributed by atoms with van der Waals surface area (Å²) in [5, 5.41) is 4.04. The first-order valence-corrected chi connectivity index (χ1v) is 7.93. The predicted molar refractivity (Wildman–Crippen MR) is 77.8 cm³/mol. The molecule has 100 valence electrons. The molecule has 0 spiro atoms. The minimum absolute atomic E-state index is 0.449. The molecule has 1 aromatic rings. The number of hydrogen-bond acceptors (Lipinski definition) is 4. The van der Waals surface area contributed by atoms with Gasteiger partial charge in [-0.25, -0.2) is 9.97 Å². The maximum atomic E-state index is 4.75. The molecule has 0 amide bonds. The Kier molecular flexibility index (Phi) is 5.01. The molecule has 0 bridgehead atoms. The summed E-state index contributed by atoms with van der Waals surface area (Å²) in [4.78, 5) is 9.27. The SMILES string of the molecule is CCC(C)SCc1ncc2c(n1)CCCC2NC. The van der Waals surface area contributed by atoms with Gasteiger partial charge in [-0.3, -0.25) is 0 Å². The zero-order chi connectivity index (χ0) is 13.0. The van der Waals surface area contributed by atoms with Crippen LogP contribution in [0.15, 0.2) is 6.20 Å². The van der Waals surface area contributed by atoms with Crippen LogP contribution in [0.1, 0.15) is 56.2 Å². The molecule has 1 N–H and O–H groups in total. The lowest BCUT2D eigenvalue weighted by atomic mass is 9.92. The van der Waals surface area contributed by atoms with Crippen molar-refractivity contribution in [3.05, 3.63) is 23.3 Å². The Hall–Kier alpha value is -0.610. The number of nitrogens with one attached hydrogen (secondary N) is 1. The Bertz CT molecular complexity index is 395. The van der Waals surface area contributed by atoms with Crippen molar-refractivity contribution in [2.45, 2.75) is 56.6 Å². The zero-order valence-corrected chi connectivity index (χ0v) is 12.4. The lowest BCUT2D eigenvalue weighted by molar-refractivity contribution is 0.486. The van der Waals surface area contributed by atoms with Gasteiger partial charge >= 0.3 is 0 Å². The molecule has 1 aliphatic rings. The highest BCUT2D eigenvalue weighted by molar-refractivity contribution is 7.99. The third-order valence-electron chi connectivity index (χ3n) is 3.65. The average molecular weight is 265 g/mol. The van der Waals surface area contributed by atoms with Gasteiger partial charge < -0.3 is 5.32 Å². The third kappa shape index (κ3) is 3.23. The zero-order valence-electron chi connectivity index (χ0n) is 11.6. The largest absolute Gasteiger partial charge is 0.313 e. The van der Waals surface area contributed by atoms with Gasteiger partial charge in [0.2, 0.25) is 0 Å². The van der Waals surface area contributed by atoms with Crippen LogP contribution < -0.4 is 5.32 Å². The summed E-state index contributed by atoms with van der Waals surface area (Å²) in [5.41, 5.74) is 2.57. The van der Waals surface area contributed by atoms with Crippen molar-refractivity contribution in [1.82, 2.24) is 15.3 Å². The molecule has 0 saturated heterocycles. The maximum Gasteiger partial charge on any atom is 0.138 e. The van der Waals surface area contributed by atoms with E-state index in [0.29, 0.717) is 11.3 Å². The average Bonchev–Trinajstić information content (AvgIpc) is 2.43. The first-order chi connectivity index (χ1) is 8.74. The molecule has 0 saturated carbocycles. The minimum atomic E-state index is 0.449. The van der Waals surface area contributed by atoms with Crippen LogP contribution in [0.25, 0.3) is 0 Å². The number of hydrogen-bond donors (Lipinski definition) is 1. The summed E-state index contributed by atoms with van der Waals surface area (Å²) >= 11 is 1.95. The van der Waals surface area contributed by atoms with E-state index in [-0.39, 0.29) is 0 Å². The van der Waals surface area contributed by atoms with Crippen LogP contribution >= 0.6 is 11.8 Å². The van der Waals surface area contributed by atoms with Crippen LogP contribution in [0.5, 0.6) is 0 Å². The summed E-state index contributed by atoms with van der Waals surface area (Å²) in [7, 11) is 2.02. The van der Waals surface area contributed by atoms with Crippen molar-refractivity contribution in [3.63, 3.8) is 0 Å². The van der Waals surface area contributed by atoms with Gasteiger partial charge in [0.25, 0.3) is 0 Å². The second-order valence-corrected chi connectivity index (χ2v) is 6.38. The van der Waals surface area contributed by atoms with Gasteiger partial charge in [0.05, 0.1) is 5.75 Å². The summed E-state index contributed by atoms with van der Waals surface area (Å²) in [6.45, 7) is 4.49. The van der Waals surface area contributed by atoms with Crippen molar-refractivity contribution in [2.24, 2.45) is 0 Å². The highest BCUT2D eigenvalue weighted by atomic mass is 32.2. The fourth-order valence-corrected chi connectivity index (χ4v) is 3.10. The Morgan fingerprint density at radius 1 is 1.56 bits per heavy atom. The first kappa shape index (κ1) is 13.8. The molecule has 2 atom stereocenters. The molecular weight excluding hydrogens is 242 g/mol. The van der Waals surface area contributed by atoms with Gasteiger partial charge in [-0.05, 0) is 32.7 Å². The molecule has 0 aromatic carbocycles. The number of nitrogens with zero attached hydrogens (tertiary/aromatic N) is 2. The molecule has 3 nitrogen and oxygen atoms in total. The van der Waals surface area contributed by atoms with Crippen LogP contribution in [-0.2, 0) is 12.2 Å². The number of thioether (sulfide) groups is 1. The standard InChI is InChI=1S/C14H23N3S/c1-4-10(2)18-9-14-16-8-11-12(15-3)6-5-7-13(11)17-14/h8,10,12,15H,4-7,9H2,1-3H3. The maximum absolute atomic E-state index is 4.75. The number of aryl methyl sites for hydroxylation is 1. The van der Waals surface area contributed by atoms with E-state index in [9.17, 15) is 0 Å². The van der Waals surface area contributed by atoms with Gasteiger partial charge in [0.15, 0.2) is 0 Å². The fourth-order valence-electron chi connectivity index (χ4n) is 2.29. The molecule has 0 aliphatic heterocycles. The smallest absolute Gasteiger partial charge is 0.138 e. The monoisotopic (exact) mass is 265 g/mol. The molecule has 1 aliphatic carbocycles. The van der Waals surface area contributed by atoms with E-state index < -0.39 is 0 Å². The van der Waals surface area contributed by atoms with E-state index in [1.807, 2.05) is 25.0 Å². The molecule has 1 aromatic heterocycles. The molecule has 1 heterocycles. The summed E-state index contributed by atoms with van der Waals surface area (Å²) in [5.74, 6) is 1.93. The van der Waals surface area contributed by atoms with Gasteiger partial charge in [0, 0.05) is 28.7 Å². The Morgan fingerprint density at radius 2 is 2.39 bits per heavy atom. The van der Waals surface area contributed by atoms with Crippen LogP contribution in [0, 0.1) is 0 Å². The lowest BCUT2D eigenvalue weighted by Gasteiger charge is -2.24. The topological polar surface area (TPSA) is 37.8 Å². The second-order valence-electron chi connectivity index (χ2n) is 4.95. The number of aromatic nitrogens is 2. The van der Waals surface area contributed by atoms with Gasteiger partial charge in [-0.15, -0.1) is 0 Å². The molecule has 0 fully saturated rings. The molecular formula is C14H23N3S. The normalized spacial score (nSPS) is 20.5. The van der Waals surface area contributed by atoms with Crippen molar-refractivity contribution < 1.29 is 0 Å². The first-order valence-electron chi connectivity index (χ1n) is 6.88. The quantitative estimate of drug-likeness (QED) is 0.887. The van der Waals surface area contributed by atoms with E-state index in [1.165, 1.54) is 30.5 Å². The Morgan fingerprint density at radius 3 is 3.11 bits per heavy atom. The van der Waals surface area contributed by atoms with E-state index in [0.717, 1.165) is 18.0 Å². The molecule has 2 rings (SSSR count). The van der Waals surface area contributed by atoms with Crippen molar-refractivity contribution in [2.75, 3.05) is 7.05 Å². The Balaban J connectivity index is 2.07. The highest BCUT2D eigenvalue weighted by Crippen LogP contribution is 2.28. The van der Waals surface area contributed by atoms with E-state index in [1.54, 1.807) is 0 Å². The summed E-state index contributed by atoms with van der Waals surface area (Å²) in [6.07, 6.45) is 6.78. The predicted octanol–water partition coefficient (Wildman–Crippen LogP) is 3.11. The molecule has 18 heavy (non-hydrogen) atoms. The van der Waals surface area contributed by atoms with Crippen molar-refractivity contribution in [1.29, 1.82) is 0 Å². The van der Waals surface area contributed by atoms with Crippen LogP contribution in [0.3, 0.4) is 0 Å². The third-order valence-corrected chi connectivity index (χ3v) is 4.98. The van der Waals surface area contributed by atoms with Gasteiger partial charge in [-0.2, -0.15) is 11.8 Å². The molecule has 0 radical (unpaired) electrons. The van der Waals surface area contributed by atoms with E-state index in [4.69, 9.17) is 4.98 Å². The van der Waals surface area contributed by atoms with Crippen LogP contribution in [0.4, 0.5) is 0 Å². The fraction of sp³-hybridized carbons (Fsp3) is 0.714. The number of rotatable bonds is 5. The van der Waals surface area contributed by atoms with Crippen molar-refractivity contribution in [3.8, 4) is 0 Å². The van der Waals surface area contributed by atoms with Crippen LogP contribution in [-0.4, -0.2) is 22.3 Å². The molecule has 4 heteroatoms. The van der Waals surface area contributed by atoms with Gasteiger partial charge in [-0.1, -0.05) is 13.8 Å². The Labute approximate surface area is 114 Å². The minimum Gasteiger partial charge on any atom is -0.313 e. The summed E-state index contributed by atoms with van der Waals surface area (Å²) < 4.78 is 0. The lowest BCUT2D eigenvalue weighted by Crippen LogP contribution is -2.23. The van der Waals surface area contributed by atoms with Crippen molar-refractivity contribution >= 4 is 11.8 Å². The van der Waals surface area contributed by atoms with E-state index in [2.05, 4.69) is 24.1 Å². The number of fused-ring (bicyclic) bond motifs is 1.